The summed E-state index contributed by atoms with van der Waals surface area (Å²) >= 11 is 0. The van der Waals surface area contributed by atoms with Crippen LogP contribution in [0.4, 0.5) is 0 Å². The van der Waals surface area contributed by atoms with Gasteiger partial charge in [-0.25, -0.2) is 0 Å². The van der Waals surface area contributed by atoms with Crippen LogP contribution in [0.1, 0.15) is 45.1 Å². The van der Waals surface area contributed by atoms with E-state index in [-0.39, 0.29) is 18.1 Å². The van der Waals surface area contributed by atoms with Crippen molar-refractivity contribution in [3.8, 4) is 0 Å². The van der Waals surface area contributed by atoms with E-state index >= 15 is 0 Å². The maximum absolute atomic E-state index is 13.4. The minimum Gasteiger partial charge on any atom is -0.385 e. The quantitative estimate of drug-likeness (QED) is 0.777. The van der Waals surface area contributed by atoms with Crippen LogP contribution in [0.15, 0.2) is 30.3 Å². The number of morpholine rings is 1. The van der Waals surface area contributed by atoms with Crippen molar-refractivity contribution < 1.29 is 14.3 Å². The summed E-state index contributed by atoms with van der Waals surface area (Å²) in [4.78, 5) is 15.4. The number of carbonyl (C=O) groups excluding carboxylic acids is 1. The topological polar surface area (TPSA) is 38.8 Å². The van der Waals surface area contributed by atoms with Crippen molar-refractivity contribution in [2.75, 3.05) is 20.3 Å². The van der Waals surface area contributed by atoms with Gasteiger partial charge in [0, 0.05) is 20.3 Å². The molecule has 2 fully saturated rings. The highest BCUT2D eigenvalue weighted by molar-refractivity contribution is 5.87. The van der Waals surface area contributed by atoms with Crippen molar-refractivity contribution in [1.29, 1.82) is 0 Å². The number of methoxy groups -OCH3 is 1. The average Bonchev–Trinajstić information content (AvgIpc) is 2.60. The zero-order valence-electron chi connectivity index (χ0n) is 15.0. The van der Waals surface area contributed by atoms with Crippen LogP contribution in [0.3, 0.4) is 0 Å². The molecule has 4 heteroatoms. The molecule has 1 saturated carbocycles. The van der Waals surface area contributed by atoms with Crippen LogP contribution in [0.2, 0.25) is 0 Å². The lowest BCUT2D eigenvalue weighted by Crippen LogP contribution is -2.63. The Morgan fingerprint density at radius 3 is 2.75 bits per heavy atom. The predicted molar refractivity (Wildman–Crippen MR) is 93.7 cm³/mol. The number of benzene rings is 1. The highest BCUT2D eigenvalue weighted by atomic mass is 16.5. The molecule has 0 spiro atoms. The van der Waals surface area contributed by atoms with Gasteiger partial charge in [0.05, 0.1) is 12.1 Å². The summed E-state index contributed by atoms with van der Waals surface area (Å²) in [7, 11) is 1.71. The molecule has 1 aromatic carbocycles. The van der Waals surface area contributed by atoms with Gasteiger partial charge in [-0.05, 0) is 44.1 Å². The molecule has 1 heterocycles. The van der Waals surface area contributed by atoms with E-state index < -0.39 is 5.60 Å². The lowest BCUT2D eigenvalue weighted by molar-refractivity contribution is -0.205. The van der Waals surface area contributed by atoms with Gasteiger partial charge < -0.3 is 14.4 Å². The van der Waals surface area contributed by atoms with E-state index in [0.717, 1.165) is 31.4 Å². The maximum Gasteiger partial charge on any atom is 0.259 e. The summed E-state index contributed by atoms with van der Waals surface area (Å²) in [6.07, 6.45) is 4.24. The summed E-state index contributed by atoms with van der Waals surface area (Å²) in [5, 5.41) is 0. The monoisotopic (exact) mass is 331 g/mol. The van der Waals surface area contributed by atoms with Crippen LogP contribution in [-0.2, 0) is 19.9 Å². The molecule has 24 heavy (non-hydrogen) atoms. The Morgan fingerprint density at radius 2 is 2.04 bits per heavy atom. The molecular formula is C20H29NO3. The van der Waals surface area contributed by atoms with E-state index in [1.165, 1.54) is 6.42 Å². The summed E-state index contributed by atoms with van der Waals surface area (Å²) in [6, 6.07) is 10.1. The van der Waals surface area contributed by atoms with E-state index in [1.54, 1.807) is 7.11 Å². The van der Waals surface area contributed by atoms with E-state index in [0.29, 0.717) is 12.5 Å². The molecule has 1 saturated heterocycles. The second-order valence-corrected chi connectivity index (χ2v) is 7.39. The third-order valence-corrected chi connectivity index (χ3v) is 5.55. The molecule has 0 radical (unpaired) electrons. The molecule has 2 unspecified atom stereocenters. The van der Waals surface area contributed by atoms with Gasteiger partial charge in [-0.2, -0.15) is 0 Å². The zero-order valence-corrected chi connectivity index (χ0v) is 15.0. The van der Waals surface area contributed by atoms with Crippen LogP contribution in [-0.4, -0.2) is 43.2 Å². The summed E-state index contributed by atoms with van der Waals surface area (Å²) in [5.41, 5.74) is 0.0691. The van der Waals surface area contributed by atoms with Gasteiger partial charge in [-0.1, -0.05) is 37.3 Å². The van der Waals surface area contributed by atoms with Gasteiger partial charge in [0.2, 0.25) is 0 Å². The number of hydrogen-bond donors (Lipinski definition) is 0. The van der Waals surface area contributed by atoms with Crippen molar-refractivity contribution in [2.24, 2.45) is 5.92 Å². The van der Waals surface area contributed by atoms with Crippen molar-refractivity contribution in [3.63, 3.8) is 0 Å². The first-order chi connectivity index (χ1) is 11.6. The second kappa shape index (κ2) is 7.24. The maximum atomic E-state index is 13.4. The predicted octanol–water partition coefficient (Wildman–Crippen LogP) is 3.35. The van der Waals surface area contributed by atoms with Crippen LogP contribution < -0.4 is 0 Å². The van der Waals surface area contributed by atoms with Gasteiger partial charge in [-0.3, -0.25) is 4.79 Å². The summed E-state index contributed by atoms with van der Waals surface area (Å²) < 4.78 is 11.6. The minimum absolute atomic E-state index is 0.0974. The van der Waals surface area contributed by atoms with Crippen molar-refractivity contribution in [1.82, 2.24) is 4.90 Å². The first kappa shape index (κ1) is 17.4. The number of fused-ring (bicyclic) bond motifs is 1. The average molecular weight is 331 g/mol. The van der Waals surface area contributed by atoms with Gasteiger partial charge in [0.25, 0.3) is 5.91 Å². The number of amides is 1. The fraction of sp³-hybridized carbons (Fsp3) is 0.650. The highest BCUT2D eigenvalue weighted by Gasteiger charge is 2.51. The Kier molecular flexibility index (Phi) is 5.26. The van der Waals surface area contributed by atoms with Gasteiger partial charge >= 0.3 is 0 Å². The first-order valence-corrected chi connectivity index (χ1v) is 9.09. The van der Waals surface area contributed by atoms with Crippen molar-refractivity contribution >= 4 is 5.91 Å². The Morgan fingerprint density at radius 1 is 1.29 bits per heavy atom. The number of ether oxygens (including phenoxy) is 2. The second-order valence-electron chi connectivity index (χ2n) is 7.39. The van der Waals surface area contributed by atoms with E-state index in [4.69, 9.17) is 9.47 Å². The van der Waals surface area contributed by atoms with Gasteiger partial charge in [-0.15, -0.1) is 0 Å². The number of rotatable bonds is 5. The Labute approximate surface area is 145 Å². The van der Waals surface area contributed by atoms with Crippen LogP contribution in [0.25, 0.3) is 0 Å². The molecule has 1 aliphatic carbocycles. The molecule has 3 rings (SSSR count). The Hall–Kier alpha value is -1.39. The molecule has 1 aliphatic heterocycles. The highest BCUT2D eigenvalue weighted by Crippen LogP contribution is 2.41. The van der Waals surface area contributed by atoms with Crippen LogP contribution in [0, 0.1) is 5.92 Å². The lowest BCUT2D eigenvalue weighted by atomic mass is 9.80. The number of carbonyl (C=O) groups is 1. The van der Waals surface area contributed by atoms with Crippen LogP contribution >= 0.6 is 0 Å². The van der Waals surface area contributed by atoms with Crippen LogP contribution in [0.5, 0.6) is 0 Å². The Bertz CT molecular complexity index is 561. The standard InChI is InChI=1S/C20H29NO3/c1-15-10-11-18-17(14-15)21(12-7-13-23-3)19(22)20(2,24-18)16-8-5-4-6-9-16/h4-6,8-9,15,17-18H,7,10-14H2,1-3H3/t15-,17?,18+,20?/m1/s1. The molecule has 2 aliphatic rings. The van der Waals surface area contributed by atoms with E-state index in [9.17, 15) is 4.79 Å². The molecule has 1 amide bonds. The van der Waals surface area contributed by atoms with Gasteiger partial charge in [0.1, 0.15) is 0 Å². The molecule has 1 aromatic rings. The largest absolute Gasteiger partial charge is 0.385 e. The number of hydrogen-bond acceptors (Lipinski definition) is 3. The normalized spacial score (nSPS) is 33.4. The fourth-order valence-electron chi connectivity index (χ4n) is 4.16. The zero-order chi connectivity index (χ0) is 17.2. The molecule has 132 valence electrons. The molecule has 4 atom stereocenters. The fourth-order valence-corrected chi connectivity index (χ4v) is 4.16. The molecular weight excluding hydrogens is 302 g/mol. The lowest BCUT2D eigenvalue weighted by Gasteiger charge is -2.51. The minimum atomic E-state index is -0.879. The first-order valence-electron chi connectivity index (χ1n) is 9.09. The van der Waals surface area contributed by atoms with Gasteiger partial charge in [0.15, 0.2) is 5.60 Å². The smallest absolute Gasteiger partial charge is 0.259 e. The van der Waals surface area contributed by atoms with Crippen molar-refractivity contribution in [3.05, 3.63) is 35.9 Å². The van der Waals surface area contributed by atoms with E-state index in [1.807, 2.05) is 37.3 Å². The molecule has 4 nitrogen and oxygen atoms in total. The summed E-state index contributed by atoms with van der Waals surface area (Å²) in [6.45, 7) is 5.63. The SMILES string of the molecule is COCCCN1C(=O)C(C)(c2ccccc2)O[C@H]2CC[C@@H](C)CC21. The molecule has 0 N–H and O–H groups in total. The summed E-state index contributed by atoms with van der Waals surface area (Å²) in [5.74, 6) is 0.744. The number of nitrogens with zero attached hydrogens (tertiary/aromatic N) is 1. The Balaban J connectivity index is 1.89. The third kappa shape index (κ3) is 3.22. The third-order valence-electron chi connectivity index (χ3n) is 5.55. The molecule has 0 aromatic heterocycles. The van der Waals surface area contributed by atoms with E-state index in [2.05, 4.69) is 11.8 Å². The molecule has 0 bridgehead atoms. The van der Waals surface area contributed by atoms with Crippen molar-refractivity contribution in [2.45, 2.75) is 57.3 Å².